The van der Waals surface area contributed by atoms with Crippen LogP contribution in [-0.4, -0.2) is 25.1 Å². The first-order valence-electron chi connectivity index (χ1n) is 7.70. The van der Waals surface area contributed by atoms with Gasteiger partial charge in [-0.05, 0) is 43.7 Å². The van der Waals surface area contributed by atoms with Crippen molar-refractivity contribution in [3.8, 4) is 11.5 Å². The summed E-state index contributed by atoms with van der Waals surface area (Å²) in [5.74, 6) is 0.954. The molecule has 0 aliphatic heterocycles. The fraction of sp³-hybridized carbons (Fsp3) is 0.263. The third kappa shape index (κ3) is 3.93. The van der Waals surface area contributed by atoms with Gasteiger partial charge in [-0.25, -0.2) is 0 Å². The molecule has 1 amide bonds. The summed E-state index contributed by atoms with van der Waals surface area (Å²) < 4.78 is 10.7. The first kappa shape index (κ1) is 17.5. The number of allylic oxidation sites excluding steroid dienone is 1. The third-order valence-corrected chi connectivity index (χ3v) is 3.67. The predicted molar refractivity (Wildman–Crippen MR) is 94.4 cm³/mol. The Morgan fingerprint density at radius 2 is 1.92 bits per heavy atom. The van der Waals surface area contributed by atoms with Gasteiger partial charge in [0.25, 0.3) is 5.91 Å². The lowest BCUT2D eigenvalue weighted by Crippen LogP contribution is -2.26. The lowest BCUT2D eigenvalue weighted by molar-refractivity contribution is 0.0939. The number of methoxy groups -OCH3 is 2. The topological polar surface area (TPSA) is 60.5 Å². The summed E-state index contributed by atoms with van der Waals surface area (Å²) in [7, 11) is 3.13. The zero-order chi connectivity index (χ0) is 17.5. The van der Waals surface area contributed by atoms with E-state index in [4.69, 9.17) is 9.47 Å². The molecule has 0 aliphatic rings. The normalized spacial score (nSPS) is 12.0. The summed E-state index contributed by atoms with van der Waals surface area (Å²) in [6.45, 7) is 3.84. The minimum atomic E-state index is -0.175. The highest BCUT2D eigenvalue weighted by Gasteiger charge is 2.17. The Hall–Kier alpha value is -2.82. The minimum absolute atomic E-state index is 0.126. The first-order valence-corrected chi connectivity index (χ1v) is 7.70. The third-order valence-electron chi connectivity index (χ3n) is 3.67. The maximum atomic E-state index is 12.6. The number of carbonyl (C=O) groups is 1. The van der Waals surface area contributed by atoms with Crippen LogP contribution in [-0.2, 0) is 0 Å². The van der Waals surface area contributed by atoms with Crippen LogP contribution < -0.4 is 14.8 Å². The van der Waals surface area contributed by atoms with Gasteiger partial charge >= 0.3 is 0 Å². The fourth-order valence-corrected chi connectivity index (χ4v) is 2.44. The second-order valence-corrected chi connectivity index (χ2v) is 5.28. The van der Waals surface area contributed by atoms with Crippen molar-refractivity contribution in [3.05, 3.63) is 59.4 Å². The predicted octanol–water partition coefficient (Wildman–Crippen LogP) is 3.62. The molecular weight excluding hydrogens is 304 g/mol. The Labute approximate surface area is 142 Å². The van der Waals surface area contributed by atoms with E-state index in [0.717, 1.165) is 11.1 Å². The number of nitrogens with one attached hydrogen (secondary N) is 1. The molecule has 5 nitrogen and oxygen atoms in total. The molecular formula is C19H22N2O3. The van der Waals surface area contributed by atoms with Crippen LogP contribution in [0.2, 0.25) is 0 Å². The van der Waals surface area contributed by atoms with Crippen molar-refractivity contribution in [1.29, 1.82) is 0 Å². The van der Waals surface area contributed by atoms with E-state index in [-0.39, 0.29) is 11.9 Å². The number of hydrogen-bond donors (Lipinski definition) is 1. The molecule has 1 unspecified atom stereocenters. The van der Waals surface area contributed by atoms with E-state index < -0.39 is 0 Å². The van der Waals surface area contributed by atoms with Gasteiger partial charge in [0, 0.05) is 23.5 Å². The van der Waals surface area contributed by atoms with E-state index in [0.29, 0.717) is 17.1 Å². The van der Waals surface area contributed by atoms with Crippen LogP contribution in [0.25, 0.3) is 6.08 Å². The highest BCUT2D eigenvalue weighted by Crippen LogP contribution is 2.33. The van der Waals surface area contributed by atoms with Crippen LogP contribution >= 0.6 is 0 Å². The second-order valence-electron chi connectivity index (χ2n) is 5.28. The van der Waals surface area contributed by atoms with Crippen molar-refractivity contribution >= 4 is 12.0 Å². The minimum Gasteiger partial charge on any atom is -0.493 e. The van der Waals surface area contributed by atoms with Crippen molar-refractivity contribution in [1.82, 2.24) is 10.3 Å². The Morgan fingerprint density at radius 1 is 1.21 bits per heavy atom. The molecule has 2 aromatic rings. The molecule has 1 N–H and O–H groups in total. The smallest absolute Gasteiger partial charge is 0.251 e. The summed E-state index contributed by atoms with van der Waals surface area (Å²) >= 11 is 0. The highest BCUT2D eigenvalue weighted by molar-refractivity contribution is 5.96. The molecule has 0 saturated heterocycles. The summed E-state index contributed by atoms with van der Waals surface area (Å²) in [6.07, 6.45) is 7.18. The Balaban J connectivity index is 2.30. The van der Waals surface area contributed by atoms with Crippen molar-refractivity contribution in [2.24, 2.45) is 0 Å². The van der Waals surface area contributed by atoms with E-state index >= 15 is 0 Å². The van der Waals surface area contributed by atoms with Gasteiger partial charge in [0.1, 0.15) is 0 Å². The van der Waals surface area contributed by atoms with Gasteiger partial charge in [0.15, 0.2) is 11.5 Å². The van der Waals surface area contributed by atoms with Gasteiger partial charge in [0.05, 0.1) is 20.3 Å². The Kier molecular flexibility index (Phi) is 5.95. The van der Waals surface area contributed by atoms with Crippen LogP contribution in [0.1, 0.15) is 41.4 Å². The molecule has 0 radical (unpaired) electrons. The average Bonchev–Trinajstić information content (AvgIpc) is 2.61. The van der Waals surface area contributed by atoms with Gasteiger partial charge < -0.3 is 14.8 Å². The van der Waals surface area contributed by atoms with Crippen LogP contribution in [0.4, 0.5) is 0 Å². The van der Waals surface area contributed by atoms with Crippen LogP contribution in [0.5, 0.6) is 11.5 Å². The number of pyridine rings is 1. The van der Waals surface area contributed by atoms with Gasteiger partial charge in [-0.3, -0.25) is 9.78 Å². The number of carbonyl (C=O) groups excluding carboxylic acids is 1. The Bertz CT molecular complexity index is 727. The molecule has 5 heteroatoms. The lowest BCUT2D eigenvalue weighted by Gasteiger charge is -2.16. The first-order chi connectivity index (χ1) is 11.6. The zero-order valence-electron chi connectivity index (χ0n) is 14.4. The number of rotatable bonds is 6. The molecule has 126 valence electrons. The van der Waals surface area contributed by atoms with E-state index in [9.17, 15) is 4.79 Å². The lowest BCUT2D eigenvalue weighted by atomic mass is 10.1. The van der Waals surface area contributed by atoms with Crippen LogP contribution in [0.15, 0.2) is 42.7 Å². The maximum Gasteiger partial charge on any atom is 0.251 e. The number of amides is 1. The number of ether oxygens (including phenoxy) is 2. The molecule has 1 heterocycles. The number of benzene rings is 1. The van der Waals surface area contributed by atoms with Crippen LogP contribution in [0.3, 0.4) is 0 Å². The van der Waals surface area contributed by atoms with Gasteiger partial charge in [-0.15, -0.1) is 0 Å². The highest BCUT2D eigenvalue weighted by atomic mass is 16.5. The fourth-order valence-electron chi connectivity index (χ4n) is 2.44. The van der Waals surface area contributed by atoms with E-state index in [1.165, 1.54) is 0 Å². The summed E-state index contributed by atoms with van der Waals surface area (Å²) in [5.41, 5.74) is 2.30. The van der Waals surface area contributed by atoms with Crippen LogP contribution in [0, 0.1) is 0 Å². The quantitative estimate of drug-likeness (QED) is 0.881. The average molecular weight is 326 g/mol. The molecule has 0 aliphatic carbocycles. The summed E-state index contributed by atoms with van der Waals surface area (Å²) in [5, 5.41) is 2.98. The second kappa shape index (κ2) is 8.15. The van der Waals surface area contributed by atoms with Crippen molar-refractivity contribution in [2.45, 2.75) is 19.9 Å². The van der Waals surface area contributed by atoms with E-state index in [1.54, 1.807) is 38.7 Å². The van der Waals surface area contributed by atoms with Gasteiger partial charge in [-0.1, -0.05) is 12.2 Å². The van der Waals surface area contributed by atoms with E-state index in [1.807, 2.05) is 38.1 Å². The zero-order valence-corrected chi connectivity index (χ0v) is 14.4. The molecule has 0 spiro atoms. The monoisotopic (exact) mass is 326 g/mol. The number of aromatic nitrogens is 1. The number of nitrogens with zero attached hydrogens (tertiary/aromatic N) is 1. The molecule has 1 aromatic heterocycles. The molecule has 0 fully saturated rings. The summed E-state index contributed by atoms with van der Waals surface area (Å²) in [6, 6.07) is 7.10. The van der Waals surface area contributed by atoms with Crippen molar-refractivity contribution in [3.63, 3.8) is 0 Å². The Morgan fingerprint density at radius 3 is 2.50 bits per heavy atom. The van der Waals surface area contributed by atoms with Crippen molar-refractivity contribution < 1.29 is 14.3 Å². The molecule has 1 aromatic carbocycles. The molecule has 24 heavy (non-hydrogen) atoms. The largest absolute Gasteiger partial charge is 0.493 e. The van der Waals surface area contributed by atoms with Gasteiger partial charge in [0.2, 0.25) is 0 Å². The van der Waals surface area contributed by atoms with Crippen molar-refractivity contribution in [2.75, 3.05) is 14.2 Å². The van der Waals surface area contributed by atoms with Gasteiger partial charge in [-0.2, -0.15) is 0 Å². The number of hydrogen-bond acceptors (Lipinski definition) is 4. The standard InChI is InChI=1S/C19H22N2O3/c1-5-6-15-11-16(12-17(23-3)18(15)24-4)19(22)21-13(2)14-7-9-20-10-8-14/h5-13H,1-4H3,(H,21,22). The summed E-state index contributed by atoms with van der Waals surface area (Å²) in [4.78, 5) is 16.6. The maximum absolute atomic E-state index is 12.6. The molecule has 1 atom stereocenters. The van der Waals surface area contributed by atoms with E-state index in [2.05, 4.69) is 10.3 Å². The SMILES string of the molecule is CC=Cc1cc(C(=O)NC(C)c2ccncc2)cc(OC)c1OC. The molecule has 0 bridgehead atoms. The molecule has 0 saturated carbocycles. The molecule has 2 rings (SSSR count).